The van der Waals surface area contributed by atoms with E-state index in [9.17, 15) is 8.42 Å². The third-order valence-electron chi connectivity index (χ3n) is 5.66. The number of sulfonamides is 1. The monoisotopic (exact) mass is 414 g/mol. The minimum atomic E-state index is -3.17. The Balaban J connectivity index is 1.46. The molecule has 0 radical (unpaired) electrons. The molecule has 2 aliphatic rings. The van der Waals surface area contributed by atoms with Crippen molar-refractivity contribution >= 4 is 21.6 Å². The fourth-order valence-corrected chi connectivity index (χ4v) is 5.22. The van der Waals surface area contributed by atoms with E-state index in [4.69, 9.17) is 16.3 Å². The van der Waals surface area contributed by atoms with Gasteiger partial charge >= 0.3 is 0 Å². The largest absolute Gasteiger partial charge is 0.490 e. The highest BCUT2D eigenvalue weighted by Crippen LogP contribution is 2.34. The zero-order valence-corrected chi connectivity index (χ0v) is 18.1. The molecule has 2 fully saturated rings. The van der Waals surface area contributed by atoms with Crippen molar-refractivity contribution in [1.29, 1.82) is 0 Å². The van der Waals surface area contributed by atoms with Crippen molar-refractivity contribution < 1.29 is 13.2 Å². The number of hydrogen-bond acceptors (Lipinski definition) is 4. The molecule has 0 spiro atoms. The maximum absolute atomic E-state index is 12.1. The van der Waals surface area contributed by atoms with Crippen LogP contribution >= 0.6 is 11.6 Å². The van der Waals surface area contributed by atoms with Gasteiger partial charge in [-0.25, -0.2) is 12.7 Å². The van der Waals surface area contributed by atoms with E-state index in [0.29, 0.717) is 12.5 Å². The number of halogens is 1. The summed E-state index contributed by atoms with van der Waals surface area (Å²) in [4.78, 5) is 2.43. The van der Waals surface area contributed by atoms with Crippen LogP contribution in [0.3, 0.4) is 0 Å². The van der Waals surface area contributed by atoms with Crippen LogP contribution in [0.1, 0.15) is 45.1 Å². The number of hydrogen-bond donors (Lipinski definition) is 0. The van der Waals surface area contributed by atoms with Crippen molar-refractivity contribution in [2.75, 3.05) is 26.7 Å². The molecule has 7 heteroatoms. The molecule has 5 nitrogen and oxygen atoms in total. The lowest BCUT2D eigenvalue weighted by atomic mass is 9.82. The number of rotatable bonds is 8. The van der Waals surface area contributed by atoms with Crippen LogP contribution in [0, 0.1) is 5.92 Å². The summed E-state index contributed by atoms with van der Waals surface area (Å²) in [6, 6.07) is 5.98. The molecule has 0 N–H and O–H groups in total. The zero-order valence-electron chi connectivity index (χ0n) is 16.5. The van der Waals surface area contributed by atoms with Crippen molar-refractivity contribution in [3.63, 3.8) is 0 Å². The molecule has 0 aromatic heterocycles. The topological polar surface area (TPSA) is 49.9 Å². The first-order chi connectivity index (χ1) is 12.8. The predicted octanol–water partition coefficient (Wildman–Crippen LogP) is 3.76. The SMILES string of the molecule is CC(C)S(=O)(=O)N(C)CC1CC(Oc2ccc(CN3CCCC3)c(Cl)c2)C1. The molecule has 3 rings (SSSR count). The molecular formula is C20H31ClN2O3S. The highest BCUT2D eigenvalue weighted by molar-refractivity contribution is 7.89. The van der Waals surface area contributed by atoms with Gasteiger partial charge in [-0.2, -0.15) is 0 Å². The molecular weight excluding hydrogens is 384 g/mol. The lowest BCUT2D eigenvalue weighted by Crippen LogP contribution is -2.43. The van der Waals surface area contributed by atoms with Crippen LogP contribution in [0.4, 0.5) is 0 Å². The second-order valence-electron chi connectivity index (χ2n) is 8.19. The van der Waals surface area contributed by atoms with Gasteiger partial charge in [0.25, 0.3) is 0 Å². The highest BCUT2D eigenvalue weighted by Gasteiger charge is 2.34. The zero-order chi connectivity index (χ0) is 19.6. The molecule has 0 bridgehead atoms. The van der Waals surface area contributed by atoms with Gasteiger partial charge in [-0.15, -0.1) is 0 Å². The fraction of sp³-hybridized carbons (Fsp3) is 0.700. The first-order valence-electron chi connectivity index (χ1n) is 9.88. The molecule has 1 saturated heterocycles. The summed E-state index contributed by atoms with van der Waals surface area (Å²) in [6.07, 6.45) is 4.45. The summed E-state index contributed by atoms with van der Waals surface area (Å²) in [5.41, 5.74) is 1.15. The Labute approximate surface area is 168 Å². The van der Waals surface area contributed by atoms with Crippen LogP contribution in [0.5, 0.6) is 5.75 Å². The average molecular weight is 415 g/mol. The van der Waals surface area contributed by atoms with Crippen molar-refractivity contribution in [2.24, 2.45) is 5.92 Å². The molecule has 1 heterocycles. The molecule has 1 aromatic rings. The van der Waals surface area contributed by atoms with Gasteiger partial charge in [-0.05, 0) is 76.2 Å². The molecule has 1 aliphatic heterocycles. The Bertz CT molecular complexity index is 742. The number of benzene rings is 1. The summed E-state index contributed by atoms with van der Waals surface area (Å²) in [5.74, 6) is 1.16. The van der Waals surface area contributed by atoms with Gasteiger partial charge in [0.05, 0.1) is 11.4 Å². The van der Waals surface area contributed by atoms with Crippen molar-refractivity contribution in [3.8, 4) is 5.75 Å². The first-order valence-corrected chi connectivity index (χ1v) is 11.8. The van der Waals surface area contributed by atoms with E-state index >= 15 is 0 Å². The van der Waals surface area contributed by atoms with Gasteiger partial charge in [-0.1, -0.05) is 17.7 Å². The van der Waals surface area contributed by atoms with E-state index in [0.717, 1.165) is 48.8 Å². The van der Waals surface area contributed by atoms with E-state index in [1.165, 1.54) is 17.1 Å². The van der Waals surface area contributed by atoms with Crippen molar-refractivity contribution in [3.05, 3.63) is 28.8 Å². The fourth-order valence-electron chi connectivity index (χ4n) is 3.85. The van der Waals surface area contributed by atoms with Gasteiger partial charge in [0.2, 0.25) is 10.0 Å². The van der Waals surface area contributed by atoms with Gasteiger partial charge in [0.1, 0.15) is 5.75 Å². The maximum Gasteiger partial charge on any atom is 0.216 e. The van der Waals surface area contributed by atoms with Crippen LogP contribution in [0.15, 0.2) is 18.2 Å². The second kappa shape index (κ2) is 8.68. The highest BCUT2D eigenvalue weighted by atomic mass is 35.5. The summed E-state index contributed by atoms with van der Waals surface area (Å²) < 4.78 is 31.8. The van der Waals surface area contributed by atoms with E-state index in [1.807, 2.05) is 12.1 Å². The molecule has 152 valence electrons. The van der Waals surface area contributed by atoms with Crippen molar-refractivity contribution in [1.82, 2.24) is 9.21 Å². The van der Waals surface area contributed by atoms with Gasteiger partial charge in [0.15, 0.2) is 0 Å². The Morgan fingerprint density at radius 1 is 1.26 bits per heavy atom. The first kappa shape index (κ1) is 20.9. The van der Waals surface area contributed by atoms with Crippen LogP contribution < -0.4 is 4.74 Å². The Morgan fingerprint density at radius 2 is 1.93 bits per heavy atom. The Hall–Kier alpha value is -0.820. The minimum Gasteiger partial charge on any atom is -0.490 e. The third-order valence-corrected chi connectivity index (χ3v) is 8.22. The van der Waals surface area contributed by atoms with Gasteiger partial charge in [0, 0.05) is 25.2 Å². The predicted molar refractivity (Wildman–Crippen MR) is 110 cm³/mol. The van der Waals surface area contributed by atoms with Crippen LogP contribution in [0.2, 0.25) is 5.02 Å². The average Bonchev–Trinajstić information content (AvgIpc) is 3.08. The lowest BCUT2D eigenvalue weighted by molar-refractivity contribution is 0.0575. The van der Waals surface area contributed by atoms with E-state index in [2.05, 4.69) is 11.0 Å². The molecule has 27 heavy (non-hydrogen) atoms. The molecule has 1 aliphatic carbocycles. The van der Waals surface area contributed by atoms with Crippen LogP contribution in [-0.2, 0) is 16.6 Å². The van der Waals surface area contributed by atoms with E-state index in [-0.39, 0.29) is 11.4 Å². The number of likely N-dealkylation sites (tertiary alicyclic amines) is 1. The molecule has 1 saturated carbocycles. The number of ether oxygens (including phenoxy) is 1. The Kier molecular flexibility index (Phi) is 6.72. The summed E-state index contributed by atoms with van der Waals surface area (Å²) in [7, 11) is -1.50. The van der Waals surface area contributed by atoms with Crippen LogP contribution in [0.25, 0.3) is 0 Å². The number of nitrogens with zero attached hydrogens (tertiary/aromatic N) is 2. The molecule has 0 unspecified atom stereocenters. The standard InChI is InChI=1S/C20H31ClN2O3S/c1-15(2)27(24,25)22(3)13-16-10-19(11-16)26-18-7-6-17(20(21)12-18)14-23-8-4-5-9-23/h6-7,12,15-16,19H,4-5,8-11,13-14H2,1-3H3. The van der Waals surface area contributed by atoms with E-state index in [1.54, 1.807) is 20.9 Å². The quantitative estimate of drug-likeness (QED) is 0.649. The smallest absolute Gasteiger partial charge is 0.216 e. The van der Waals surface area contributed by atoms with Gasteiger partial charge < -0.3 is 4.74 Å². The second-order valence-corrected chi connectivity index (χ2v) is 11.2. The lowest BCUT2D eigenvalue weighted by Gasteiger charge is -2.37. The Morgan fingerprint density at radius 3 is 2.52 bits per heavy atom. The molecule has 1 aromatic carbocycles. The summed E-state index contributed by atoms with van der Waals surface area (Å²) in [5, 5.41) is 0.383. The summed E-state index contributed by atoms with van der Waals surface area (Å²) in [6.45, 7) is 7.21. The minimum absolute atomic E-state index is 0.144. The molecule has 0 amide bonds. The normalized spacial score (nSPS) is 23.8. The van der Waals surface area contributed by atoms with Gasteiger partial charge in [-0.3, -0.25) is 4.90 Å². The molecule has 0 atom stereocenters. The maximum atomic E-state index is 12.1. The van der Waals surface area contributed by atoms with Crippen molar-refractivity contribution in [2.45, 2.75) is 57.4 Å². The third kappa shape index (κ3) is 5.17. The van der Waals surface area contributed by atoms with Crippen LogP contribution in [-0.4, -0.2) is 55.7 Å². The summed E-state index contributed by atoms with van der Waals surface area (Å²) >= 11 is 6.45. The van der Waals surface area contributed by atoms with E-state index < -0.39 is 10.0 Å².